The zero-order valence-electron chi connectivity index (χ0n) is 13.3. The molecule has 1 amide bonds. The Morgan fingerprint density at radius 1 is 1.12 bits per heavy atom. The van der Waals surface area contributed by atoms with E-state index in [-0.39, 0.29) is 19.1 Å². The van der Waals surface area contributed by atoms with Crippen LogP contribution >= 0.6 is 11.6 Å². The lowest BCUT2D eigenvalue weighted by Crippen LogP contribution is -2.30. The third-order valence-corrected chi connectivity index (χ3v) is 3.62. The highest BCUT2D eigenvalue weighted by atomic mass is 35.5. The lowest BCUT2D eigenvalue weighted by atomic mass is 10.2. The van der Waals surface area contributed by atoms with Gasteiger partial charge in [-0.2, -0.15) is 4.98 Å². The number of nitrogens with zero attached hydrogens (tertiary/aromatic N) is 2. The van der Waals surface area contributed by atoms with Gasteiger partial charge in [-0.25, -0.2) is 8.78 Å². The summed E-state index contributed by atoms with van der Waals surface area (Å²) >= 11 is 5.91. The molecule has 1 heterocycles. The van der Waals surface area contributed by atoms with Crippen molar-refractivity contribution in [2.75, 3.05) is 18.4 Å². The molecule has 0 aliphatic rings. The van der Waals surface area contributed by atoms with E-state index in [1.54, 1.807) is 24.3 Å². The van der Waals surface area contributed by atoms with Gasteiger partial charge in [-0.3, -0.25) is 4.79 Å². The highest BCUT2D eigenvalue weighted by Crippen LogP contribution is 2.21. The van der Waals surface area contributed by atoms with Gasteiger partial charge in [0, 0.05) is 23.7 Å². The first-order valence-corrected chi connectivity index (χ1v) is 7.98. The van der Waals surface area contributed by atoms with Crippen LogP contribution in [0.1, 0.15) is 10.4 Å². The van der Waals surface area contributed by atoms with Gasteiger partial charge in [-0.1, -0.05) is 35.0 Å². The van der Waals surface area contributed by atoms with Crippen LogP contribution in [0.3, 0.4) is 0 Å². The van der Waals surface area contributed by atoms with Crippen LogP contribution in [0.5, 0.6) is 0 Å². The molecule has 6 nitrogen and oxygen atoms in total. The number of rotatable bonds is 6. The van der Waals surface area contributed by atoms with Crippen molar-refractivity contribution in [2.24, 2.45) is 0 Å². The average molecular weight is 379 g/mol. The van der Waals surface area contributed by atoms with Gasteiger partial charge in [0.25, 0.3) is 5.91 Å². The number of halogens is 3. The molecular weight excluding hydrogens is 366 g/mol. The van der Waals surface area contributed by atoms with Gasteiger partial charge >= 0.3 is 6.01 Å². The first kappa shape index (κ1) is 17.8. The number of hydrogen-bond acceptors (Lipinski definition) is 5. The molecule has 2 N–H and O–H groups in total. The van der Waals surface area contributed by atoms with Gasteiger partial charge in [-0.05, 0) is 24.3 Å². The van der Waals surface area contributed by atoms with Crippen LogP contribution in [0.15, 0.2) is 47.0 Å². The van der Waals surface area contributed by atoms with Crippen LogP contribution in [0.25, 0.3) is 11.4 Å². The molecule has 0 unspecified atom stereocenters. The largest absolute Gasteiger partial charge is 0.350 e. The van der Waals surface area contributed by atoms with Gasteiger partial charge in [0.1, 0.15) is 17.2 Å². The average Bonchev–Trinajstić information content (AvgIpc) is 3.07. The van der Waals surface area contributed by atoms with E-state index in [0.29, 0.717) is 16.4 Å². The second kappa shape index (κ2) is 7.92. The van der Waals surface area contributed by atoms with E-state index in [4.69, 9.17) is 16.1 Å². The monoisotopic (exact) mass is 378 g/mol. The van der Waals surface area contributed by atoms with E-state index in [2.05, 4.69) is 20.8 Å². The molecule has 0 saturated heterocycles. The Morgan fingerprint density at radius 2 is 1.85 bits per heavy atom. The van der Waals surface area contributed by atoms with Crippen molar-refractivity contribution >= 4 is 23.5 Å². The number of benzene rings is 2. The molecule has 3 aromatic rings. The van der Waals surface area contributed by atoms with Crippen molar-refractivity contribution in [1.82, 2.24) is 15.5 Å². The molecule has 0 radical (unpaired) electrons. The normalized spacial score (nSPS) is 10.6. The molecule has 26 heavy (non-hydrogen) atoms. The fourth-order valence-corrected chi connectivity index (χ4v) is 2.38. The van der Waals surface area contributed by atoms with Crippen molar-refractivity contribution in [1.29, 1.82) is 0 Å². The van der Waals surface area contributed by atoms with E-state index in [1.807, 2.05) is 0 Å². The number of amides is 1. The third kappa shape index (κ3) is 4.15. The van der Waals surface area contributed by atoms with Gasteiger partial charge in [0.05, 0.1) is 0 Å². The summed E-state index contributed by atoms with van der Waals surface area (Å²) in [6, 6.07) is 10.3. The molecule has 0 fully saturated rings. The maximum absolute atomic E-state index is 13.5. The SMILES string of the molecule is O=C(NCCNc1nc(-c2cccc(Cl)c2)no1)c1c(F)cccc1F. The summed E-state index contributed by atoms with van der Waals surface area (Å²) in [5, 5.41) is 9.58. The summed E-state index contributed by atoms with van der Waals surface area (Å²) in [7, 11) is 0. The van der Waals surface area contributed by atoms with Crippen molar-refractivity contribution in [2.45, 2.75) is 0 Å². The van der Waals surface area contributed by atoms with E-state index in [1.165, 1.54) is 6.07 Å². The molecule has 134 valence electrons. The summed E-state index contributed by atoms with van der Waals surface area (Å²) in [5.41, 5.74) is 0.0752. The number of carbonyl (C=O) groups excluding carboxylic acids is 1. The highest BCUT2D eigenvalue weighted by Gasteiger charge is 2.16. The van der Waals surface area contributed by atoms with E-state index in [0.717, 1.165) is 12.1 Å². The lowest BCUT2D eigenvalue weighted by molar-refractivity contribution is 0.0946. The van der Waals surface area contributed by atoms with Crippen LogP contribution in [0.2, 0.25) is 5.02 Å². The molecule has 0 spiro atoms. The fraction of sp³-hybridized carbons (Fsp3) is 0.118. The summed E-state index contributed by atoms with van der Waals surface area (Å²) in [5.74, 6) is -2.32. The number of aromatic nitrogens is 2. The fourth-order valence-electron chi connectivity index (χ4n) is 2.19. The summed E-state index contributed by atoms with van der Waals surface area (Å²) < 4.78 is 32.1. The molecule has 0 atom stereocenters. The number of anilines is 1. The van der Waals surface area contributed by atoms with Crippen molar-refractivity contribution in [3.63, 3.8) is 0 Å². The molecule has 2 aromatic carbocycles. The summed E-state index contributed by atoms with van der Waals surface area (Å²) in [4.78, 5) is 16.0. The quantitative estimate of drug-likeness (QED) is 0.642. The second-order valence-corrected chi connectivity index (χ2v) is 5.65. The number of carbonyl (C=O) groups is 1. The van der Waals surface area contributed by atoms with Gasteiger partial charge in [0.15, 0.2) is 0 Å². The highest BCUT2D eigenvalue weighted by molar-refractivity contribution is 6.30. The molecule has 9 heteroatoms. The Hall–Kier alpha value is -3.00. The van der Waals surface area contributed by atoms with Crippen molar-refractivity contribution in [3.8, 4) is 11.4 Å². The van der Waals surface area contributed by atoms with E-state index >= 15 is 0 Å². The number of nitrogens with one attached hydrogen (secondary N) is 2. The van der Waals surface area contributed by atoms with Crippen molar-refractivity contribution < 1.29 is 18.1 Å². The predicted molar refractivity (Wildman–Crippen MR) is 91.9 cm³/mol. The minimum Gasteiger partial charge on any atom is -0.350 e. The van der Waals surface area contributed by atoms with E-state index in [9.17, 15) is 13.6 Å². The van der Waals surface area contributed by atoms with Crippen LogP contribution in [-0.2, 0) is 0 Å². The molecule has 1 aromatic heterocycles. The molecule has 0 saturated carbocycles. The minimum atomic E-state index is -0.918. The topological polar surface area (TPSA) is 80.0 Å². The molecule has 3 rings (SSSR count). The third-order valence-electron chi connectivity index (χ3n) is 3.39. The Labute approximate surface area is 152 Å². The second-order valence-electron chi connectivity index (χ2n) is 5.21. The van der Waals surface area contributed by atoms with Gasteiger partial charge in [0.2, 0.25) is 5.82 Å². The Morgan fingerprint density at radius 3 is 2.58 bits per heavy atom. The standard InChI is InChI=1S/C17H13ClF2N4O2/c18-11-4-1-3-10(9-11)15-23-17(26-24-15)22-8-7-21-16(25)14-12(19)5-2-6-13(14)20/h1-6,9H,7-8H2,(H,21,25)(H,22,23,24). The Kier molecular flexibility index (Phi) is 5.43. The zero-order valence-corrected chi connectivity index (χ0v) is 14.1. The maximum atomic E-state index is 13.5. The first-order valence-electron chi connectivity index (χ1n) is 7.60. The van der Waals surface area contributed by atoms with Gasteiger partial charge in [-0.15, -0.1) is 0 Å². The van der Waals surface area contributed by atoms with Crippen LogP contribution < -0.4 is 10.6 Å². The van der Waals surface area contributed by atoms with E-state index < -0.39 is 23.1 Å². The molecule has 0 bridgehead atoms. The first-order chi connectivity index (χ1) is 12.5. The lowest BCUT2D eigenvalue weighted by Gasteiger charge is -2.07. The smallest absolute Gasteiger partial charge is 0.321 e. The zero-order chi connectivity index (χ0) is 18.5. The molecule has 0 aliphatic heterocycles. The summed E-state index contributed by atoms with van der Waals surface area (Å²) in [6.45, 7) is 0.320. The van der Waals surface area contributed by atoms with Crippen LogP contribution in [-0.4, -0.2) is 29.1 Å². The van der Waals surface area contributed by atoms with Crippen LogP contribution in [0.4, 0.5) is 14.8 Å². The molecular formula is C17H13ClF2N4O2. The number of hydrogen-bond donors (Lipinski definition) is 2. The van der Waals surface area contributed by atoms with Crippen molar-refractivity contribution in [3.05, 3.63) is 64.7 Å². The maximum Gasteiger partial charge on any atom is 0.321 e. The molecule has 0 aliphatic carbocycles. The van der Waals surface area contributed by atoms with Gasteiger partial charge < -0.3 is 15.2 Å². The van der Waals surface area contributed by atoms with Crippen LogP contribution in [0, 0.1) is 11.6 Å². The minimum absolute atomic E-state index is 0.0987. The Balaban J connectivity index is 1.52. The summed E-state index contributed by atoms with van der Waals surface area (Å²) in [6.07, 6.45) is 0. The Bertz CT molecular complexity index is 912. The predicted octanol–water partition coefficient (Wildman–Crippen LogP) is 3.51.